The average Bonchev–Trinajstić information content (AvgIpc) is 3.01. The zero-order valence-corrected chi connectivity index (χ0v) is 15.6. The van der Waals surface area contributed by atoms with Gasteiger partial charge in [-0.05, 0) is 42.7 Å². The maximum absolute atomic E-state index is 13.4. The van der Waals surface area contributed by atoms with Crippen LogP contribution in [0.3, 0.4) is 0 Å². The fourth-order valence-corrected chi connectivity index (χ4v) is 5.44. The molecular weight excluding hydrogens is 363 g/mol. The average molecular weight is 382 g/mol. The number of nitrogens with one attached hydrogen (secondary N) is 1. The second-order valence-corrected chi connectivity index (χ2v) is 9.04. The summed E-state index contributed by atoms with van der Waals surface area (Å²) in [6.45, 7) is 4.57. The standard InChI is InChI=1S/C17H19FN2O3S2/c1-3-16(21)20-7-6-15-12(10-20)8-17(24-15)25(22,23)19-14-9-13(18)5-4-11(14)2/h4-5,8-9,19H,3,6-7,10H2,1-2H3. The van der Waals surface area contributed by atoms with Crippen molar-refractivity contribution in [3.8, 4) is 0 Å². The maximum Gasteiger partial charge on any atom is 0.271 e. The van der Waals surface area contributed by atoms with Crippen LogP contribution in [-0.4, -0.2) is 25.8 Å². The number of carbonyl (C=O) groups excluding carboxylic acids is 1. The van der Waals surface area contributed by atoms with Gasteiger partial charge in [-0.25, -0.2) is 12.8 Å². The minimum Gasteiger partial charge on any atom is -0.338 e. The number of amides is 1. The summed E-state index contributed by atoms with van der Waals surface area (Å²) < 4.78 is 41.3. The number of rotatable bonds is 4. The maximum atomic E-state index is 13.4. The molecule has 0 radical (unpaired) electrons. The van der Waals surface area contributed by atoms with Gasteiger partial charge < -0.3 is 4.90 Å². The number of anilines is 1. The summed E-state index contributed by atoms with van der Waals surface area (Å²) in [6.07, 6.45) is 1.09. The number of hydrogen-bond acceptors (Lipinski definition) is 4. The predicted molar refractivity (Wildman–Crippen MR) is 95.7 cm³/mol. The highest BCUT2D eigenvalue weighted by Crippen LogP contribution is 2.32. The molecule has 3 rings (SSSR count). The molecule has 1 aromatic heterocycles. The van der Waals surface area contributed by atoms with Crippen LogP contribution in [0.4, 0.5) is 10.1 Å². The molecule has 0 atom stereocenters. The molecule has 0 saturated carbocycles. The zero-order chi connectivity index (χ0) is 18.2. The molecule has 1 amide bonds. The number of fused-ring (bicyclic) bond motifs is 1. The quantitative estimate of drug-likeness (QED) is 0.882. The Labute approximate surface area is 150 Å². The summed E-state index contributed by atoms with van der Waals surface area (Å²) in [5.74, 6) is -0.433. The molecule has 1 N–H and O–H groups in total. The van der Waals surface area contributed by atoms with Crippen LogP contribution >= 0.6 is 11.3 Å². The van der Waals surface area contributed by atoms with Crippen molar-refractivity contribution in [2.45, 2.75) is 37.4 Å². The van der Waals surface area contributed by atoms with E-state index in [-0.39, 0.29) is 15.8 Å². The van der Waals surface area contributed by atoms with Crippen molar-refractivity contribution in [1.82, 2.24) is 4.90 Å². The van der Waals surface area contributed by atoms with E-state index in [2.05, 4.69) is 4.72 Å². The lowest BCUT2D eigenvalue weighted by Gasteiger charge is -2.26. The molecule has 1 aliphatic rings. The normalized spacial score (nSPS) is 14.3. The van der Waals surface area contributed by atoms with Crippen LogP contribution in [-0.2, 0) is 27.8 Å². The van der Waals surface area contributed by atoms with E-state index in [0.29, 0.717) is 31.5 Å². The summed E-state index contributed by atoms with van der Waals surface area (Å²) in [4.78, 5) is 14.6. The van der Waals surface area contributed by atoms with Gasteiger partial charge in [0.2, 0.25) is 5.91 Å². The Morgan fingerprint density at radius 3 is 2.84 bits per heavy atom. The van der Waals surface area contributed by atoms with Gasteiger partial charge in [0.1, 0.15) is 10.0 Å². The predicted octanol–water partition coefficient (Wildman–Crippen LogP) is 3.29. The van der Waals surface area contributed by atoms with E-state index in [9.17, 15) is 17.6 Å². The molecule has 0 aliphatic carbocycles. The molecule has 0 fully saturated rings. The van der Waals surface area contributed by atoms with Gasteiger partial charge in [0, 0.05) is 24.4 Å². The second-order valence-electron chi connectivity index (χ2n) is 6.00. The van der Waals surface area contributed by atoms with Gasteiger partial charge >= 0.3 is 0 Å². The van der Waals surface area contributed by atoms with Crippen molar-refractivity contribution >= 4 is 33.0 Å². The second kappa shape index (κ2) is 6.76. The Bertz CT molecular complexity index is 922. The molecule has 0 unspecified atom stereocenters. The molecule has 25 heavy (non-hydrogen) atoms. The van der Waals surface area contributed by atoms with E-state index in [1.165, 1.54) is 29.5 Å². The minimum absolute atomic E-state index is 0.0646. The van der Waals surface area contributed by atoms with Gasteiger partial charge in [-0.1, -0.05) is 13.0 Å². The first kappa shape index (κ1) is 17.9. The lowest BCUT2D eigenvalue weighted by Crippen LogP contribution is -2.34. The number of thiophene rings is 1. The number of hydrogen-bond donors (Lipinski definition) is 1. The molecule has 134 valence electrons. The topological polar surface area (TPSA) is 66.5 Å². The van der Waals surface area contributed by atoms with Gasteiger partial charge in [-0.2, -0.15) is 0 Å². The third kappa shape index (κ3) is 3.69. The number of carbonyl (C=O) groups is 1. The van der Waals surface area contributed by atoms with E-state index in [1.807, 2.05) is 6.92 Å². The highest BCUT2D eigenvalue weighted by molar-refractivity contribution is 7.94. The van der Waals surface area contributed by atoms with Crippen LogP contribution in [0.5, 0.6) is 0 Å². The lowest BCUT2D eigenvalue weighted by atomic mass is 10.1. The van der Waals surface area contributed by atoms with Gasteiger partial charge in [0.15, 0.2) is 0 Å². The molecule has 1 aromatic carbocycles. The molecule has 8 heteroatoms. The first-order chi connectivity index (χ1) is 11.8. The first-order valence-electron chi connectivity index (χ1n) is 7.98. The molecule has 0 spiro atoms. The van der Waals surface area contributed by atoms with E-state index in [4.69, 9.17) is 0 Å². The molecule has 1 aliphatic heterocycles. The fraction of sp³-hybridized carbons (Fsp3) is 0.353. The molecule has 2 aromatic rings. The molecule has 0 saturated heterocycles. The number of nitrogens with zero attached hydrogens (tertiary/aromatic N) is 1. The van der Waals surface area contributed by atoms with E-state index in [0.717, 1.165) is 10.4 Å². The van der Waals surface area contributed by atoms with Crippen molar-refractivity contribution in [2.75, 3.05) is 11.3 Å². The van der Waals surface area contributed by atoms with Crippen LogP contribution in [0.1, 0.15) is 29.3 Å². The third-order valence-electron chi connectivity index (χ3n) is 4.21. The summed E-state index contributed by atoms with van der Waals surface area (Å²) in [6, 6.07) is 5.60. The highest BCUT2D eigenvalue weighted by atomic mass is 32.2. The van der Waals surface area contributed by atoms with Crippen molar-refractivity contribution in [3.05, 3.63) is 46.1 Å². The number of sulfonamides is 1. The first-order valence-corrected chi connectivity index (χ1v) is 10.3. The SMILES string of the molecule is CCC(=O)N1CCc2sc(S(=O)(=O)Nc3cc(F)ccc3C)cc2C1. The van der Waals surface area contributed by atoms with Crippen molar-refractivity contribution < 1.29 is 17.6 Å². The summed E-state index contributed by atoms with van der Waals surface area (Å²) in [5.41, 5.74) is 1.74. The molecule has 0 bridgehead atoms. The van der Waals surface area contributed by atoms with Crippen LogP contribution < -0.4 is 4.72 Å². The minimum atomic E-state index is -3.79. The molecule has 5 nitrogen and oxygen atoms in total. The number of benzene rings is 1. The van der Waals surface area contributed by atoms with Crippen LogP contribution in [0, 0.1) is 12.7 Å². The Kier molecular flexibility index (Phi) is 4.83. The van der Waals surface area contributed by atoms with E-state index < -0.39 is 15.8 Å². The highest BCUT2D eigenvalue weighted by Gasteiger charge is 2.26. The summed E-state index contributed by atoms with van der Waals surface area (Å²) in [7, 11) is -3.79. The number of halogens is 1. The third-order valence-corrected chi connectivity index (χ3v) is 7.28. The smallest absolute Gasteiger partial charge is 0.271 e. The fourth-order valence-electron chi connectivity index (χ4n) is 2.77. The van der Waals surface area contributed by atoms with Crippen LogP contribution in [0.25, 0.3) is 0 Å². The van der Waals surface area contributed by atoms with E-state index in [1.54, 1.807) is 17.9 Å². The van der Waals surface area contributed by atoms with Crippen LogP contribution in [0.2, 0.25) is 0 Å². The summed E-state index contributed by atoms with van der Waals surface area (Å²) in [5, 5.41) is 0. The van der Waals surface area contributed by atoms with Crippen molar-refractivity contribution in [2.24, 2.45) is 0 Å². The van der Waals surface area contributed by atoms with Gasteiger partial charge in [0.25, 0.3) is 10.0 Å². The number of aryl methyl sites for hydroxylation is 1. The van der Waals surface area contributed by atoms with Crippen molar-refractivity contribution in [1.29, 1.82) is 0 Å². The Morgan fingerprint density at radius 2 is 2.12 bits per heavy atom. The van der Waals surface area contributed by atoms with Gasteiger partial charge in [-0.3, -0.25) is 9.52 Å². The molecular formula is C17H19FN2O3S2. The van der Waals surface area contributed by atoms with Crippen molar-refractivity contribution in [3.63, 3.8) is 0 Å². The zero-order valence-electron chi connectivity index (χ0n) is 14.0. The van der Waals surface area contributed by atoms with Crippen LogP contribution in [0.15, 0.2) is 28.5 Å². The Morgan fingerprint density at radius 1 is 1.36 bits per heavy atom. The van der Waals surface area contributed by atoms with Gasteiger partial charge in [0.05, 0.1) is 5.69 Å². The van der Waals surface area contributed by atoms with E-state index >= 15 is 0 Å². The monoisotopic (exact) mass is 382 g/mol. The largest absolute Gasteiger partial charge is 0.338 e. The molecule has 2 heterocycles. The lowest BCUT2D eigenvalue weighted by molar-refractivity contribution is -0.131. The Hall–Kier alpha value is -1.93. The summed E-state index contributed by atoms with van der Waals surface area (Å²) >= 11 is 1.21. The van der Waals surface area contributed by atoms with Gasteiger partial charge in [-0.15, -0.1) is 11.3 Å². The Balaban J connectivity index is 1.86.